The van der Waals surface area contributed by atoms with E-state index in [-0.39, 0.29) is 22.3 Å². The minimum atomic E-state index is -0.884. The molecule has 0 spiro atoms. The maximum atomic E-state index is 13.2. The second-order valence-corrected chi connectivity index (χ2v) is 5.41. The third-order valence-electron chi connectivity index (χ3n) is 3.68. The molecule has 1 amide bonds. The Morgan fingerprint density at radius 1 is 1.04 bits per heavy atom. The van der Waals surface area contributed by atoms with E-state index in [1.807, 2.05) is 0 Å². The molecule has 0 fully saturated rings. The highest BCUT2D eigenvalue weighted by Crippen LogP contribution is 2.14. The lowest BCUT2D eigenvalue weighted by atomic mass is 10.2. The first-order valence-electron chi connectivity index (χ1n) is 7.11. The zero-order valence-corrected chi connectivity index (χ0v) is 13.2. The maximum Gasteiger partial charge on any atom is 0.332 e. The van der Waals surface area contributed by atoms with Gasteiger partial charge in [-0.3, -0.25) is 18.7 Å². The number of nitrogens with zero attached hydrogens (tertiary/aromatic N) is 3. The highest BCUT2D eigenvalue weighted by molar-refractivity contribution is 6.04. The Morgan fingerprint density at radius 2 is 1.68 bits per heavy atom. The van der Waals surface area contributed by atoms with Crippen LogP contribution in [0.4, 0.5) is 14.5 Å². The Kier molecular flexibility index (Phi) is 3.91. The summed E-state index contributed by atoms with van der Waals surface area (Å²) < 4.78 is 28.5. The number of aromatic nitrogens is 3. The van der Waals surface area contributed by atoms with Crippen LogP contribution < -0.4 is 16.6 Å². The van der Waals surface area contributed by atoms with Gasteiger partial charge in [0.05, 0.1) is 17.3 Å². The topological polar surface area (TPSA) is 86.0 Å². The standard InChI is InChI=1S/C16H12F2N4O3/c1-21-13-12(15(24)22(2)16(21)25)6-11(7-19-13)20-14(23)8-3-9(17)5-10(18)4-8/h3-7H,1-2H3,(H,20,23). The van der Waals surface area contributed by atoms with E-state index >= 15 is 0 Å². The number of hydrogen-bond acceptors (Lipinski definition) is 4. The molecule has 0 aliphatic rings. The summed E-state index contributed by atoms with van der Waals surface area (Å²) in [6, 6.07) is 3.77. The quantitative estimate of drug-likeness (QED) is 0.755. The molecule has 3 aromatic rings. The van der Waals surface area contributed by atoms with Crippen LogP contribution >= 0.6 is 0 Å². The highest BCUT2D eigenvalue weighted by atomic mass is 19.1. The van der Waals surface area contributed by atoms with E-state index < -0.39 is 28.8 Å². The molecule has 0 atom stereocenters. The molecule has 7 nitrogen and oxygen atoms in total. The van der Waals surface area contributed by atoms with Crippen molar-refractivity contribution in [2.45, 2.75) is 0 Å². The van der Waals surface area contributed by atoms with Crippen molar-refractivity contribution in [1.29, 1.82) is 0 Å². The Bertz CT molecular complexity index is 1110. The number of benzene rings is 1. The van der Waals surface area contributed by atoms with Crippen molar-refractivity contribution in [2.75, 3.05) is 5.32 Å². The third-order valence-corrected chi connectivity index (χ3v) is 3.68. The molecule has 1 N–H and O–H groups in total. The molecule has 2 heterocycles. The van der Waals surface area contributed by atoms with Crippen LogP contribution in [0, 0.1) is 11.6 Å². The van der Waals surface area contributed by atoms with Gasteiger partial charge in [-0.1, -0.05) is 0 Å². The van der Waals surface area contributed by atoms with Crippen LogP contribution in [0.25, 0.3) is 11.0 Å². The molecule has 9 heteroatoms. The molecule has 25 heavy (non-hydrogen) atoms. The van der Waals surface area contributed by atoms with Crippen LogP contribution in [0.1, 0.15) is 10.4 Å². The number of hydrogen-bond donors (Lipinski definition) is 1. The number of pyridine rings is 1. The molecule has 2 aromatic heterocycles. The Morgan fingerprint density at radius 3 is 2.32 bits per heavy atom. The molecule has 3 rings (SSSR count). The lowest BCUT2D eigenvalue weighted by Gasteiger charge is -2.09. The van der Waals surface area contributed by atoms with Crippen LogP contribution in [0.15, 0.2) is 40.1 Å². The fourth-order valence-corrected chi connectivity index (χ4v) is 2.42. The predicted molar refractivity (Wildman–Crippen MR) is 86.5 cm³/mol. The summed E-state index contributed by atoms with van der Waals surface area (Å²) in [7, 11) is 2.79. The predicted octanol–water partition coefficient (Wildman–Crippen LogP) is 1.16. The fourth-order valence-electron chi connectivity index (χ4n) is 2.42. The first kappa shape index (κ1) is 16.5. The average Bonchev–Trinajstić information content (AvgIpc) is 2.57. The summed E-state index contributed by atoms with van der Waals surface area (Å²) in [5, 5.41) is 2.53. The van der Waals surface area contributed by atoms with E-state index in [1.54, 1.807) is 0 Å². The molecule has 0 bridgehead atoms. The second kappa shape index (κ2) is 5.93. The second-order valence-electron chi connectivity index (χ2n) is 5.41. The van der Waals surface area contributed by atoms with E-state index in [0.717, 1.165) is 16.7 Å². The molecule has 0 unspecified atom stereocenters. The molecule has 1 aromatic carbocycles. The number of fused-ring (bicyclic) bond motifs is 1. The lowest BCUT2D eigenvalue weighted by molar-refractivity contribution is 0.102. The summed E-state index contributed by atoms with van der Waals surface area (Å²) in [5.74, 6) is -2.53. The first-order valence-corrected chi connectivity index (χ1v) is 7.11. The van der Waals surface area contributed by atoms with Crippen molar-refractivity contribution >= 4 is 22.6 Å². The normalized spacial score (nSPS) is 10.9. The van der Waals surface area contributed by atoms with Gasteiger partial charge in [-0.25, -0.2) is 18.6 Å². The number of halogens is 2. The van der Waals surface area contributed by atoms with E-state index in [9.17, 15) is 23.2 Å². The van der Waals surface area contributed by atoms with Crippen LogP contribution in [0.5, 0.6) is 0 Å². The van der Waals surface area contributed by atoms with Gasteiger partial charge < -0.3 is 5.32 Å². The highest BCUT2D eigenvalue weighted by Gasteiger charge is 2.13. The molecule has 0 radical (unpaired) electrons. The van der Waals surface area contributed by atoms with Crippen molar-refractivity contribution in [3.05, 3.63) is 68.5 Å². The minimum Gasteiger partial charge on any atom is -0.321 e. The summed E-state index contributed by atoms with van der Waals surface area (Å²) >= 11 is 0. The van der Waals surface area contributed by atoms with Crippen molar-refractivity contribution < 1.29 is 13.6 Å². The number of aryl methyl sites for hydroxylation is 1. The van der Waals surface area contributed by atoms with E-state index in [1.165, 1.54) is 30.9 Å². The summed E-state index contributed by atoms with van der Waals surface area (Å²) in [6.45, 7) is 0. The van der Waals surface area contributed by atoms with Gasteiger partial charge in [0, 0.05) is 25.7 Å². The largest absolute Gasteiger partial charge is 0.332 e. The first-order chi connectivity index (χ1) is 11.8. The van der Waals surface area contributed by atoms with Gasteiger partial charge in [0.15, 0.2) is 0 Å². The lowest BCUT2D eigenvalue weighted by Crippen LogP contribution is -2.37. The average molecular weight is 346 g/mol. The van der Waals surface area contributed by atoms with E-state index in [2.05, 4.69) is 10.3 Å². The van der Waals surface area contributed by atoms with Gasteiger partial charge >= 0.3 is 5.69 Å². The number of rotatable bonds is 2. The van der Waals surface area contributed by atoms with Crippen molar-refractivity contribution in [1.82, 2.24) is 14.1 Å². The number of carbonyl (C=O) groups excluding carboxylic acids is 1. The fraction of sp³-hybridized carbons (Fsp3) is 0.125. The maximum absolute atomic E-state index is 13.2. The molecule has 0 aliphatic heterocycles. The number of anilines is 1. The molecule has 0 aliphatic carbocycles. The summed E-state index contributed by atoms with van der Waals surface area (Å²) in [5.41, 5.74) is -1.01. The van der Waals surface area contributed by atoms with E-state index in [4.69, 9.17) is 0 Å². The molecule has 0 saturated heterocycles. The van der Waals surface area contributed by atoms with Crippen molar-refractivity contribution in [3.8, 4) is 0 Å². The molecular formula is C16H12F2N4O3. The molecule has 128 valence electrons. The van der Waals surface area contributed by atoms with Gasteiger partial charge in [-0.05, 0) is 18.2 Å². The minimum absolute atomic E-state index is 0.118. The van der Waals surface area contributed by atoms with Gasteiger partial charge in [-0.15, -0.1) is 0 Å². The number of nitrogens with one attached hydrogen (secondary N) is 1. The van der Waals surface area contributed by atoms with Crippen molar-refractivity contribution in [2.24, 2.45) is 14.1 Å². The monoisotopic (exact) mass is 346 g/mol. The van der Waals surface area contributed by atoms with E-state index in [0.29, 0.717) is 6.07 Å². The van der Waals surface area contributed by atoms with Gasteiger partial charge in [0.2, 0.25) is 0 Å². The molecule has 0 saturated carbocycles. The Hall–Kier alpha value is -3.36. The van der Waals surface area contributed by atoms with Gasteiger partial charge in [-0.2, -0.15) is 0 Å². The summed E-state index contributed by atoms with van der Waals surface area (Å²) in [4.78, 5) is 40.2. The van der Waals surface area contributed by atoms with Crippen LogP contribution in [0.2, 0.25) is 0 Å². The van der Waals surface area contributed by atoms with Crippen LogP contribution in [-0.4, -0.2) is 20.0 Å². The van der Waals surface area contributed by atoms with Crippen LogP contribution in [-0.2, 0) is 14.1 Å². The van der Waals surface area contributed by atoms with Gasteiger partial charge in [0.25, 0.3) is 11.5 Å². The van der Waals surface area contributed by atoms with Crippen molar-refractivity contribution in [3.63, 3.8) is 0 Å². The van der Waals surface area contributed by atoms with Crippen LogP contribution in [0.3, 0.4) is 0 Å². The number of amides is 1. The summed E-state index contributed by atoms with van der Waals surface area (Å²) in [6.07, 6.45) is 1.24. The Labute approximate surface area is 139 Å². The number of carbonyl (C=O) groups is 1. The third kappa shape index (κ3) is 2.91. The molecular weight excluding hydrogens is 334 g/mol. The zero-order chi connectivity index (χ0) is 18.3. The zero-order valence-electron chi connectivity index (χ0n) is 13.2. The smallest absolute Gasteiger partial charge is 0.321 e. The SMILES string of the molecule is Cn1c(=O)c2cc(NC(=O)c3cc(F)cc(F)c3)cnc2n(C)c1=O. The Balaban J connectivity index is 2.04. The van der Waals surface area contributed by atoms with Gasteiger partial charge in [0.1, 0.15) is 17.3 Å².